The molecule has 0 saturated carbocycles. The zero-order valence-corrected chi connectivity index (χ0v) is 8.51. The standard InChI is InChI=1S/C10H16N2O2/c1-8(6-13)12(2)10-5-3-4-9(7-14)11-10/h3-5,8,13-14H,6-7H2,1-2H3. The van der Waals surface area contributed by atoms with Crippen molar-refractivity contribution in [1.82, 2.24) is 4.98 Å². The molecule has 0 aliphatic heterocycles. The van der Waals surface area contributed by atoms with Gasteiger partial charge in [-0.25, -0.2) is 4.98 Å². The molecule has 2 N–H and O–H groups in total. The van der Waals surface area contributed by atoms with Crippen molar-refractivity contribution in [2.24, 2.45) is 0 Å². The minimum atomic E-state index is -0.0603. The maximum atomic E-state index is 8.97. The normalized spacial score (nSPS) is 12.6. The average Bonchev–Trinajstić information content (AvgIpc) is 2.27. The lowest BCUT2D eigenvalue weighted by molar-refractivity contribution is 0.268. The van der Waals surface area contributed by atoms with Crippen LogP contribution in [0.15, 0.2) is 18.2 Å². The summed E-state index contributed by atoms with van der Waals surface area (Å²) in [7, 11) is 1.87. The number of nitrogens with zero attached hydrogens (tertiary/aromatic N) is 2. The fraction of sp³-hybridized carbons (Fsp3) is 0.500. The number of rotatable bonds is 4. The van der Waals surface area contributed by atoms with Crippen molar-refractivity contribution < 1.29 is 10.2 Å². The highest BCUT2D eigenvalue weighted by Gasteiger charge is 2.09. The van der Waals surface area contributed by atoms with Crippen LogP contribution in [0, 0.1) is 0 Å². The van der Waals surface area contributed by atoms with E-state index in [0.717, 1.165) is 5.82 Å². The smallest absolute Gasteiger partial charge is 0.128 e. The predicted molar refractivity (Wildman–Crippen MR) is 55.1 cm³/mol. The van der Waals surface area contributed by atoms with E-state index in [2.05, 4.69) is 4.98 Å². The quantitative estimate of drug-likeness (QED) is 0.731. The number of likely N-dealkylation sites (N-methyl/N-ethyl adjacent to an activating group) is 1. The molecule has 1 aromatic rings. The third-order valence-electron chi connectivity index (χ3n) is 2.24. The van der Waals surface area contributed by atoms with Crippen LogP contribution in [0.1, 0.15) is 12.6 Å². The Morgan fingerprint density at radius 1 is 1.43 bits per heavy atom. The van der Waals surface area contributed by atoms with Gasteiger partial charge in [-0.15, -0.1) is 0 Å². The van der Waals surface area contributed by atoms with E-state index >= 15 is 0 Å². The van der Waals surface area contributed by atoms with E-state index in [1.54, 1.807) is 6.07 Å². The molecule has 0 bridgehead atoms. The Hall–Kier alpha value is -1.13. The number of hydrogen-bond acceptors (Lipinski definition) is 4. The number of aliphatic hydroxyl groups excluding tert-OH is 2. The summed E-state index contributed by atoms with van der Waals surface area (Å²) in [6, 6.07) is 5.48. The van der Waals surface area contributed by atoms with Gasteiger partial charge in [0, 0.05) is 7.05 Å². The van der Waals surface area contributed by atoms with Gasteiger partial charge in [-0.1, -0.05) is 6.07 Å². The van der Waals surface area contributed by atoms with Crippen LogP contribution in [0.4, 0.5) is 5.82 Å². The molecule has 4 nitrogen and oxygen atoms in total. The molecular formula is C10H16N2O2. The lowest BCUT2D eigenvalue weighted by Crippen LogP contribution is -2.32. The largest absolute Gasteiger partial charge is 0.394 e. The van der Waals surface area contributed by atoms with Gasteiger partial charge in [-0.3, -0.25) is 0 Å². The van der Waals surface area contributed by atoms with Crippen LogP contribution < -0.4 is 4.90 Å². The van der Waals surface area contributed by atoms with Gasteiger partial charge >= 0.3 is 0 Å². The van der Waals surface area contributed by atoms with Gasteiger partial charge in [-0.05, 0) is 19.1 Å². The first-order valence-corrected chi connectivity index (χ1v) is 4.59. The molecule has 1 unspecified atom stereocenters. The molecule has 1 heterocycles. The zero-order valence-electron chi connectivity index (χ0n) is 8.51. The summed E-state index contributed by atoms with van der Waals surface area (Å²) in [6.45, 7) is 1.93. The maximum Gasteiger partial charge on any atom is 0.128 e. The summed E-state index contributed by atoms with van der Waals surface area (Å²) in [6.07, 6.45) is 0. The van der Waals surface area contributed by atoms with Crippen LogP contribution in [0.25, 0.3) is 0 Å². The van der Waals surface area contributed by atoms with Crippen molar-refractivity contribution in [2.75, 3.05) is 18.6 Å². The zero-order chi connectivity index (χ0) is 10.6. The molecule has 4 heteroatoms. The number of anilines is 1. The molecule has 0 aliphatic rings. The fourth-order valence-corrected chi connectivity index (χ4v) is 1.10. The van der Waals surface area contributed by atoms with Crippen molar-refractivity contribution in [3.8, 4) is 0 Å². The van der Waals surface area contributed by atoms with Crippen LogP contribution in [0.2, 0.25) is 0 Å². The van der Waals surface area contributed by atoms with Crippen LogP contribution in [0.5, 0.6) is 0 Å². The Morgan fingerprint density at radius 2 is 2.14 bits per heavy atom. The highest BCUT2D eigenvalue weighted by molar-refractivity contribution is 5.39. The summed E-state index contributed by atoms with van der Waals surface area (Å²) in [5, 5.41) is 17.9. The molecule has 14 heavy (non-hydrogen) atoms. The van der Waals surface area contributed by atoms with Crippen molar-refractivity contribution in [1.29, 1.82) is 0 Å². The first kappa shape index (κ1) is 10.9. The molecule has 0 radical (unpaired) electrons. The molecule has 1 atom stereocenters. The van der Waals surface area contributed by atoms with Crippen LogP contribution >= 0.6 is 0 Å². The second-order valence-electron chi connectivity index (χ2n) is 3.29. The minimum Gasteiger partial charge on any atom is -0.394 e. The van der Waals surface area contributed by atoms with E-state index in [4.69, 9.17) is 10.2 Å². The Labute approximate surface area is 83.8 Å². The highest BCUT2D eigenvalue weighted by Crippen LogP contribution is 2.12. The van der Waals surface area contributed by atoms with Gasteiger partial charge in [-0.2, -0.15) is 0 Å². The fourth-order valence-electron chi connectivity index (χ4n) is 1.10. The average molecular weight is 196 g/mol. The number of aromatic nitrogens is 1. The first-order valence-electron chi connectivity index (χ1n) is 4.59. The van der Waals surface area contributed by atoms with E-state index < -0.39 is 0 Å². The summed E-state index contributed by atoms with van der Waals surface area (Å²) in [4.78, 5) is 6.10. The molecule has 1 aromatic heterocycles. The van der Waals surface area contributed by atoms with Gasteiger partial charge in [0.25, 0.3) is 0 Å². The minimum absolute atomic E-state index is 0.0245. The van der Waals surface area contributed by atoms with Gasteiger partial charge in [0.15, 0.2) is 0 Å². The first-order chi connectivity index (χ1) is 6.69. The molecule has 0 aliphatic carbocycles. The third-order valence-corrected chi connectivity index (χ3v) is 2.24. The third kappa shape index (κ3) is 2.43. The monoisotopic (exact) mass is 196 g/mol. The van der Waals surface area contributed by atoms with Gasteiger partial charge in [0.2, 0.25) is 0 Å². The Bertz CT molecular complexity index is 291. The Morgan fingerprint density at radius 3 is 2.71 bits per heavy atom. The molecule has 0 amide bonds. The van der Waals surface area contributed by atoms with Crippen LogP contribution in [-0.4, -0.2) is 34.9 Å². The van der Waals surface area contributed by atoms with Crippen molar-refractivity contribution in [3.63, 3.8) is 0 Å². The van der Waals surface area contributed by atoms with Crippen molar-refractivity contribution >= 4 is 5.82 Å². The van der Waals surface area contributed by atoms with E-state index in [0.29, 0.717) is 5.69 Å². The van der Waals surface area contributed by atoms with E-state index in [1.807, 2.05) is 31.0 Å². The lowest BCUT2D eigenvalue weighted by atomic mass is 10.3. The molecule has 0 aromatic carbocycles. The van der Waals surface area contributed by atoms with Crippen LogP contribution in [0.3, 0.4) is 0 Å². The molecular weight excluding hydrogens is 180 g/mol. The van der Waals surface area contributed by atoms with Gasteiger partial charge in [0.05, 0.1) is 24.9 Å². The van der Waals surface area contributed by atoms with Gasteiger partial charge < -0.3 is 15.1 Å². The summed E-state index contributed by atoms with van der Waals surface area (Å²) < 4.78 is 0. The topological polar surface area (TPSA) is 56.6 Å². The summed E-state index contributed by atoms with van der Waals surface area (Å²) in [5.41, 5.74) is 0.638. The van der Waals surface area contributed by atoms with E-state index in [9.17, 15) is 0 Å². The van der Waals surface area contributed by atoms with Gasteiger partial charge in [0.1, 0.15) is 5.82 Å². The molecule has 1 rings (SSSR count). The highest BCUT2D eigenvalue weighted by atomic mass is 16.3. The second-order valence-corrected chi connectivity index (χ2v) is 3.29. The van der Waals surface area contributed by atoms with Crippen molar-refractivity contribution in [2.45, 2.75) is 19.6 Å². The number of hydrogen-bond donors (Lipinski definition) is 2. The number of aliphatic hydroxyl groups is 2. The van der Waals surface area contributed by atoms with E-state index in [1.165, 1.54) is 0 Å². The van der Waals surface area contributed by atoms with Crippen molar-refractivity contribution in [3.05, 3.63) is 23.9 Å². The van der Waals surface area contributed by atoms with E-state index in [-0.39, 0.29) is 19.3 Å². The van der Waals surface area contributed by atoms with Crippen LogP contribution in [-0.2, 0) is 6.61 Å². The molecule has 0 saturated heterocycles. The summed E-state index contributed by atoms with van der Waals surface area (Å²) >= 11 is 0. The molecule has 0 fully saturated rings. The maximum absolute atomic E-state index is 8.97. The second kappa shape index (κ2) is 4.93. The SMILES string of the molecule is CC(CO)N(C)c1cccc(CO)n1. The Balaban J connectivity index is 2.83. The lowest BCUT2D eigenvalue weighted by Gasteiger charge is -2.24. The Kier molecular flexibility index (Phi) is 3.85. The number of pyridine rings is 1. The molecule has 78 valence electrons. The molecule has 0 spiro atoms. The summed E-state index contributed by atoms with van der Waals surface area (Å²) in [5.74, 6) is 0.762. The predicted octanol–water partition coefficient (Wildman–Crippen LogP) is 0.391.